The molecule has 1 aliphatic rings. The second-order valence-corrected chi connectivity index (χ2v) is 11.7. The maximum absolute atomic E-state index is 13.8. The van der Waals surface area contributed by atoms with E-state index in [4.69, 9.17) is 18.9 Å². The van der Waals surface area contributed by atoms with Crippen LogP contribution >= 0.6 is 0 Å². The van der Waals surface area contributed by atoms with Gasteiger partial charge in [-0.2, -0.15) is 0 Å². The first-order valence-electron chi connectivity index (χ1n) is 12.9. The SMILES string of the molecule is COc1cccc(OC)c1-n1c(NS(=O)(=O)[C@H](C)[C@H](OC(C)C)c2cnc(C)cn2)nnc1[C@H]1CCCOC1. The monoisotopic (exact) mass is 560 g/mol. The molecule has 3 atom stereocenters. The molecule has 13 heteroatoms. The van der Waals surface area contributed by atoms with Gasteiger partial charge in [0.25, 0.3) is 0 Å². The summed E-state index contributed by atoms with van der Waals surface area (Å²) in [7, 11) is -1.01. The predicted molar refractivity (Wildman–Crippen MR) is 145 cm³/mol. The van der Waals surface area contributed by atoms with Crippen LogP contribution in [0.25, 0.3) is 5.69 Å². The third kappa shape index (κ3) is 6.31. The topological polar surface area (TPSA) is 140 Å². The molecule has 0 saturated carbocycles. The van der Waals surface area contributed by atoms with Gasteiger partial charge in [0, 0.05) is 18.7 Å². The van der Waals surface area contributed by atoms with Crippen LogP contribution in [0.5, 0.6) is 11.5 Å². The third-order valence-corrected chi connectivity index (χ3v) is 8.19. The van der Waals surface area contributed by atoms with E-state index in [1.54, 1.807) is 35.9 Å². The minimum atomic E-state index is -4.08. The molecule has 2 aromatic heterocycles. The van der Waals surface area contributed by atoms with E-state index >= 15 is 0 Å². The number of anilines is 1. The van der Waals surface area contributed by atoms with Crippen molar-refractivity contribution in [3.63, 3.8) is 0 Å². The Bertz CT molecular complexity index is 1330. The van der Waals surface area contributed by atoms with E-state index in [-0.39, 0.29) is 18.0 Å². The fourth-order valence-electron chi connectivity index (χ4n) is 4.49. The van der Waals surface area contributed by atoms with E-state index in [0.29, 0.717) is 47.6 Å². The van der Waals surface area contributed by atoms with Crippen molar-refractivity contribution >= 4 is 16.0 Å². The first-order chi connectivity index (χ1) is 18.7. The normalized spacial score (nSPS) is 17.6. The second-order valence-electron chi connectivity index (χ2n) is 9.68. The van der Waals surface area contributed by atoms with Gasteiger partial charge in [-0.25, -0.2) is 8.42 Å². The number of benzene rings is 1. The zero-order valence-electron chi connectivity index (χ0n) is 23.1. The van der Waals surface area contributed by atoms with Crippen molar-refractivity contribution in [3.05, 3.63) is 47.8 Å². The van der Waals surface area contributed by atoms with Gasteiger partial charge in [0.1, 0.15) is 34.4 Å². The average Bonchev–Trinajstić information content (AvgIpc) is 3.33. The Morgan fingerprint density at radius 3 is 2.36 bits per heavy atom. The zero-order chi connectivity index (χ0) is 28.2. The Hall–Kier alpha value is -3.29. The Labute approximate surface area is 229 Å². The van der Waals surface area contributed by atoms with Crippen LogP contribution in [0, 0.1) is 6.92 Å². The van der Waals surface area contributed by atoms with E-state index in [0.717, 1.165) is 12.8 Å². The number of para-hydroxylation sites is 1. The van der Waals surface area contributed by atoms with E-state index < -0.39 is 21.4 Å². The summed E-state index contributed by atoms with van der Waals surface area (Å²) in [4.78, 5) is 8.67. The highest BCUT2D eigenvalue weighted by molar-refractivity contribution is 7.93. The number of nitrogens with one attached hydrogen (secondary N) is 1. The average molecular weight is 561 g/mol. The fraction of sp³-hybridized carbons (Fsp3) is 0.538. The molecule has 1 fully saturated rings. The highest BCUT2D eigenvalue weighted by Gasteiger charge is 2.36. The van der Waals surface area contributed by atoms with Gasteiger partial charge in [-0.05, 0) is 52.7 Å². The molecule has 0 unspecified atom stereocenters. The minimum Gasteiger partial charge on any atom is -0.494 e. The first-order valence-corrected chi connectivity index (χ1v) is 14.4. The smallest absolute Gasteiger partial charge is 0.243 e. The number of aryl methyl sites for hydroxylation is 1. The van der Waals surface area contributed by atoms with Crippen LogP contribution in [-0.2, 0) is 19.5 Å². The molecule has 1 saturated heterocycles. The maximum atomic E-state index is 13.8. The van der Waals surface area contributed by atoms with Crippen molar-refractivity contribution in [3.8, 4) is 17.2 Å². The molecule has 0 radical (unpaired) electrons. The number of rotatable bonds is 11. The molecule has 1 aliphatic heterocycles. The lowest BCUT2D eigenvalue weighted by Gasteiger charge is -2.27. The molecule has 4 rings (SSSR count). The maximum Gasteiger partial charge on any atom is 0.243 e. The summed E-state index contributed by atoms with van der Waals surface area (Å²) in [6, 6.07) is 5.32. The van der Waals surface area contributed by atoms with Gasteiger partial charge < -0.3 is 18.9 Å². The highest BCUT2D eigenvalue weighted by Crippen LogP contribution is 2.38. The lowest BCUT2D eigenvalue weighted by atomic mass is 10.0. The van der Waals surface area contributed by atoms with Crippen LogP contribution < -0.4 is 14.2 Å². The molecule has 1 aromatic carbocycles. The standard InChI is InChI=1S/C26H36N6O6S/c1-16(2)38-24(20-14-27-17(3)13-28-20)18(4)39(33,34)31-26-30-29-25(19-9-8-12-37-15-19)32(26)23-21(35-5)10-7-11-22(23)36-6/h7,10-11,13-14,16,18-19,24H,8-9,12,15H2,1-6H3,(H,30,31)/t18-,19+,24+/m1/s1. The second kappa shape index (κ2) is 12.3. The lowest BCUT2D eigenvalue weighted by molar-refractivity contribution is 0.00394. The van der Waals surface area contributed by atoms with Crippen molar-refractivity contribution in [1.29, 1.82) is 0 Å². The van der Waals surface area contributed by atoms with Crippen molar-refractivity contribution < 1.29 is 27.4 Å². The van der Waals surface area contributed by atoms with Gasteiger partial charge in [0.15, 0.2) is 0 Å². The fourth-order valence-corrected chi connectivity index (χ4v) is 5.59. The van der Waals surface area contributed by atoms with Crippen LogP contribution in [0.15, 0.2) is 30.6 Å². The molecule has 12 nitrogen and oxygen atoms in total. The lowest BCUT2D eigenvalue weighted by Crippen LogP contribution is -2.34. The van der Waals surface area contributed by atoms with Crippen molar-refractivity contribution in [2.24, 2.45) is 0 Å². The number of hydrogen-bond acceptors (Lipinski definition) is 10. The van der Waals surface area contributed by atoms with Gasteiger partial charge in [-0.15, -0.1) is 10.2 Å². The molecule has 0 aliphatic carbocycles. The molecule has 212 valence electrons. The van der Waals surface area contributed by atoms with Gasteiger partial charge >= 0.3 is 0 Å². The third-order valence-electron chi connectivity index (χ3n) is 6.50. The van der Waals surface area contributed by atoms with Crippen LogP contribution in [-0.4, -0.2) is 71.9 Å². The molecule has 0 amide bonds. The number of hydrogen-bond donors (Lipinski definition) is 1. The number of nitrogens with zero attached hydrogens (tertiary/aromatic N) is 5. The van der Waals surface area contributed by atoms with Crippen LogP contribution in [0.2, 0.25) is 0 Å². The summed E-state index contributed by atoms with van der Waals surface area (Å²) >= 11 is 0. The summed E-state index contributed by atoms with van der Waals surface area (Å²) in [6.45, 7) is 8.16. The molecule has 3 aromatic rings. The van der Waals surface area contributed by atoms with E-state index in [1.807, 2.05) is 20.8 Å². The molecule has 0 spiro atoms. The van der Waals surface area contributed by atoms with Crippen LogP contribution in [0.4, 0.5) is 5.95 Å². The number of ether oxygens (including phenoxy) is 4. The molecule has 0 bridgehead atoms. The van der Waals surface area contributed by atoms with Gasteiger partial charge in [0.05, 0.1) is 44.5 Å². The first kappa shape index (κ1) is 28.7. The van der Waals surface area contributed by atoms with Crippen molar-refractivity contribution in [1.82, 2.24) is 24.7 Å². The highest BCUT2D eigenvalue weighted by atomic mass is 32.2. The number of sulfonamides is 1. The molecular formula is C26H36N6O6S. The van der Waals surface area contributed by atoms with E-state index in [1.165, 1.54) is 20.4 Å². The Morgan fingerprint density at radius 2 is 1.79 bits per heavy atom. The molecule has 1 N–H and O–H groups in total. The minimum absolute atomic E-state index is 0.00325. The Morgan fingerprint density at radius 1 is 1.08 bits per heavy atom. The van der Waals surface area contributed by atoms with Crippen LogP contribution in [0.1, 0.15) is 62.8 Å². The number of methoxy groups -OCH3 is 2. The molecular weight excluding hydrogens is 524 g/mol. The summed E-state index contributed by atoms with van der Waals surface area (Å²) < 4.78 is 55.0. The Balaban J connectivity index is 1.79. The van der Waals surface area contributed by atoms with Gasteiger partial charge in [0.2, 0.25) is 16.0 Å². The predicted octanol–water partition coefficient (Wildman–Crippen LogP) is 3.57. The summed E-state index contributed by atoms with van der Waals surface area (Å²) in [5, 5.41) is 7.64. The molecule has 39 heavy (non-hydrogen) atoms. The van der Waals surface area contributed by atoms with Gasteiger partial charge in [-0.3, -0.25) is 19.3 Å². The van der Waals surface area contributed by atoms with E-state index in [9.17, 15) is 8.42 Å². The zero-order valence-corrected chi connectivity index (χ0v) is 23.9. The quantitative estimate of drug-likeness (QED) is 0.370. The molecule has 3 heterocycles. The van der Waals surface area contributed by atoms with Crippen LogP contribution in [0.3, 0.4) is 0 Å². The van der Waals surface area contributed by atoms with Crippen molar-refractivity contribution in [2.75, 3.05) is 32.2 Å². The summed E-state index contributed by atoms with van der Waals surface area (Å²) in [6.07, 6.45) is 3.66. The Kier molecular flexibility index (Phi) is 9.03. The summed E-state index contributed by atoms with van der Waals surface area (Å²) in [5.74, 6) is 1.38. The van der Waals surface area contributed by atoms with E-state index in [2.05, 4.69) is 24.9 Å². The number of aromatic nitrogens is 5. The largest absolute Gasteiger partial charge is 0.494 e. The van der Waals surface area contributed by atoms with Gasteiger partial charge in [-0.1, -0.05) is 6.07 Å². The summed E-state index contributed by atoms with van der Waals surface area (Å²) in [5.41, 5.74) is 1.62. The van der Waals surface area contributed by atoms with Crippen molar-refractivity contribution in [2.45, 2.75) is 63.9 Å².